The summed E-state index contributed by atoms with van der Waals surface area (Å²) in [6.45, 7) is 9.01. The van der Waals surface area contributed by atoms with Gasteiger partial charge in [-0.3, -0.25) is 14.5 Å². The quantitative estimate of drug-likeness (QED) is 0.810. The number of carbonyl (C=O) groups is 2. The van der Waals surface area contributed by atoms with Crippen LogP contribution in [-0.2, 0) is 9.59 Å². The zero-order chi connectivity index (χ0) is 13.7. The van der Waals surface area contributed by atoms with Gasteiger partial charge in [-0.25, -0.2) is 0 Å². The minimum absolute atomic E-state index is 0.0300. The second-order valence-corrected chi connectivity index (χ2v) is 5.72. The highest BCUT2D eigenvalue weighted by atomic mass is 16.2. The highest BCUT2D eigenvalue weighted by Crippen LogP contribution is 2.15. The average molecular weight is 254 g/mol. The molecule has 18 heavy (non-hydrogen) atoms. The predicted octanol–water partition coefficient (Wildman–Crippen LogP) is 1.59. The van der Waals surface area contributed by atoms with Gasteiger partial charge in [0.1, 0.15) is 0 Å². The Morgan fingerprint density at radius 2 is 2.00 bits per heavy atom. The molecule has 2 atom stereocenters. The number of piperidine rings is 1. The average Bonchev–Trinajstić information content (AvgIpc) is 2.28. The molecule has 0 aliphatic carbocycles. The van der Waals surface area contributed by atoms with Crippen LogP contribution in [0, 0.1) is 5.92 Å². The zero-order valence-corrected chi connectivity index (χ0v) is 12.0. The van der Waals surface area contributed by atoms with Crippen LogP contribution in [0.15, 0.2) is 0 Å². The molecule has 2 unspecified atom stereocenters. The number of nitrogens with zero attached hydrogens (tertiary/aromatic N) is 1. The standard InChI is InChI=1S/C14H26N2O2/c1-10(2)14(12(4)17)15-13(18)9-16-8-6-5-7-11(16)3/h10-11,14H,5-9H2,1-4H3,(H,15,18). The Morgan fingerprint density at radius 1 is 1.33 bits per heavy atom. The maximum Gasteiger partial charge on any atom is 0.234 e. The van der Waals surface area contributed by atoms with Crippen molar-refractivity contribution in [1.82, 2.24) is 10.2 Å². The minimum atomic E-state index is -0.349. The Balaban J connectivity index is 2.47. The summed E-state index contributed by atoms with van der Waals surface area (Å²) in [5, 5.41) is 2.85. The lowest BCUT2D eigenvalue weighted by Gasteiger charge is -2.33. The molecule has 104 valence electrons. The number of likely N-dealkylation sites (tertiary alicyclic amines) is 1. The van der Waals surface area contributed by atoms with E-state index in [1.54, 1.807) is 0 Å². The number of hydrogen-bond acceptors (Lipinski definition) is 3. The van der Waals surface area contributed by atoms with Gasteiger partial charge >= 0.3 is 0 Å². The van der Waals surface area contributed by atoms with E-state index < -0.39 is 0 Å². The molecular weight excluding hydrogens is 228 g/mol. The number of ketones is 1. The highest BCUT2D eigenvalue weighted by Gasteiger charge is 2.24. The van der Waals surface area contributed by atoms with Crippen molar-refractivity contribution in [2.24, 2.45) is 5.92 Å². The molecular formula is C14H26N2O2. The maximum absolute atomic E-state index is 12.0. The van der Waals surface area contributed by atoms with Crippen LogP contribution in [0.2, 0.25) is 0 Å². The Hall–Kier alpha value is -0.900. The van der Waals surface area contributed by atoms with E-state index >= 15 is 0 Å². The van der Waals surface area contributed by atoms with Crippen LogP contribution in [0.3, 0.4) is 0 Å². The molecule has 1 fully saturated rings. The molecule has 0 spiro atoms. The SMILES string of the molecule is CC(=O)C(NC(=O)CN1CCCCC1C)C(C)C. The summed E-state index contributed by atoms with van der Waals surface area (Å²) in [6.07, 6.45) is 3.58. The van der Waals surface area contributed by atoms with Crippen molar-refractivity contribution < 1.29 is 9.59 Å². The summed E-state index contributed by atoms with van der Waals surface area (Å²) >= 11 is 0. The van der Waals surface area contributed by atoms with E-state index in [0.29, 0.717) is 12.6 Å². The monoisotopic (exact) mass is 254 g/mol. The first-order valence-corrected chi connectivity index (χ1v) is 6.95. The first kappa shape index (κ1) is 15.2. The highest BCUT2D eigenvalue weighted by molar-refractivity contribution is 5.88. The lowest BCUT2D eigenvalue weighted by atomic mass is 10.0. The molecule has 1 aliphatic rings. The van der Waals surface area contributed by atoms with Crippen molar-refractivity contribution in [1.29, 1.82) is 0 Å². The zero-order valence-electron chi connectivity index (χ0n) is 12.0. The Bertz CT molecular complexity index is 302. The van der Waals surface area contributed by atoms with Crippen molar-refractivity contribution in [2.75, 3.05) is 13.1 Å². The van der Waals surface area contributed by atoms with Crippen LogP contribution >= 0.6 is 0 Å². The number of nitrogens with one attached hydrogen (secondary N) is 1. The fraction of sp³-hybridized carbons (Fsp3) is 0.857. The molecule has 0 saturated carbocycles. The van der Waals surface area contributed by atoms with Gasteiger partial charge in [-0.15, -0.1) is 0 Å². The third-order valence-corrected chi connectivity index (χ3v) is 3.71. The fourth-order valence-electron chi connectivity index (χ4n) is 2.53. The molecule has 1 N–H and O–H groups in total. The lowest BCUT2D eigenvalue weighted by molar-refractivity contribution is -0.129. The van der Waals surface area contributed by atoms with Gasteiger partial charge in [-0.05, 0) is 39.2 Å². The van der Waals surface area contributed by atoms with Gasteiger partial charge in [-0.2, -0.15) is 0 Å². The topological polar surface area (TPSA) is 49.4 Å². The van der Waals surface area contributed by atoms with E-state index in [9.17, 15) is 9.59 Å². The lowest BCUT2D eigenvalue weighted by Crippen LogP contribution is -2.49. The van der Waals surface area contributed by atoms with E-state index in [0.717, 1.165) is 19.4 Å². The molecule has 1 aliphatic heterocycles. The summed E-state index contributed by atoms with van der Waals surface area (Å²) in [6, 6.07) is 0.122. The van der Waals surface area contributed by atoms with Gasteiger partial charge in [0.15, 0.2) is 5.78 Å². The minimum Gasteiger partial charge on any atom is -0.345 e. The van der Waals surface area contributed by atoms with Crippen molar-refractivity contribution in [3.05, 3.63) is 0 Å². The Labute approximate surface area is 110 Å². The molecule has 4 nitrogen and oxygen atoms in total. The van der Waals surface area contributed by atoms with Gasteiger partial charge in [0.2, 0.25) is 5.91 Å². The van der Waals surface area contributed by atoms with Gasteiger partial charge in [-0.1, -0.05) is 20.3 Å². The van der Waals surface area contributed by atoms with E-state index in [2.05, 4.69) is 17.1 Å². The third-order valence-electron chi connectivity index (χ3n) is 3.71. The molecule has 0 bridgehead atoms. The van der Waals surface area contributed by atoms with Crippen LogP contribution in [0.1, 0.15) is 47.0 Å². The van der Waals surface area contributed by atoms with Gasteiger partial charge < -0.3 is 5.32 Å². The second kappa shape index (κ2) is 6.88. The Kier molecular flexibility index (Phi) is 5.79. The van der Waals surface area contributed by atoms with E-state index in [-0.39, 0.29) is 23.7 Å². The van der Waals surface area contributed by atoms with Crippen LogP contribution in [0.5, 0.6) is 0 Å². The molecule has 1 heterocycles. The van der Waals surface area contributed by atoms with E-state index in [1.165, 1.54) is 13.3 Å². The second-order valence-electron chi connectivity index (χ2n) is 5.72. The van der Waals surface area contributed by atoms with Gasteiger partial charge in [0, 0.05) is 6.04 Å². The summed E-state index contributed by atoms with van der Waals surface area (Å²) < 4.78 is 0. The molecule has 1 amide bonds. The summed E-state index contributed by atoms with van der Waals surface area (Å²) in [5.41, 5.74) is 0. The van der Waals surface area contributed by atoms with Crippen LogP contribution in [-0.4, -0.2) is 41.8 Å². The molecule has 1 saturated heterocycles. The fourth-order valence-corrected chi connectivity index (χ4v) is 2.53. The van der Waals surface area contributed by atoms with Crippen molar-refractivity contribution in [3.8, 4) is 0 Å². The molecule has 1 rings (SSSR count). The van der Waals surface area contributed by atoms with Gasteiger partial charge in [0.05, 0.1) is 12.6 Å². The largest absolute Gasteiger partial charge is 0.345 e. The Morgan fingerprint density at radius 3 is 2.50 bits per heavy atom. The summed E-state index contributed by atoms with van der Waals surface area (Å²) in [7, 11) is 0. The number of carbonyl (C=O) groups excluding carboxylic acids is 2. The number of amides is 1. The molecule has 0 radical (unpaired) electrons. The van der Waals surface area contributed by atoms with E-state index in [1.807, 2.05) is 13.8 Å². The van der Waals surface area contributed by atoms with Gasteiger partial charge in [0.25, 0.3) is 0 Å². The van der Waals surface area contributed by atoms with Crippen LogP contribution < -0.4 is 5.32 Å². The van der Waals surface area contributed by atoms with Crippen molar-refractivity contribution in [2.45, 2.75) is 59.0 Å². The molecule has 0 aromatic rings. The van der Waals surface area contributed by atoms with E-state index in [4.69, 9.17) is 0 Å². The molecule has 0 aromatic heterocycles. The normalized spacial score (nSPS) is 22.8. The summed E-state index contributed by atoms with van der Waals surface area (Å²) in [4.78, 5) is 25.6. The maximum atomic E-state index is 12.0. The molecule has 0 aromatic carbocycles. The molecule has 4 heteroatoms. The van der Waals surface area contributed by atoms with Crippen molar-refractivity contribution in [3.63, 3.8) is 0 Å². The number of hydrogen-bond donors (Lipinski definition) is 1. The van der Waals surface area contributed by atoms with Crippen LogP contribution in [0.4, 0.5) is 0 Å². The summed E-state index contributed by atoms with van der Waals surface area (Å²) in [5.74, 6) is 0.146. The smallest absolute Gasteiger partial charge is 0.234 e. The number of Topliss-reactive ketones (excluding diaryl/α,β-unsaturated/α-hetero) is 1. The third kappa shape index (κ3) is 4.41. The predicted molar refractivity (Wildman–Crippen MR) is 72.3 cm³/mol. The number of rotatable bonds is 5. The van der Waals surface area contributed by atoms with Crippen molar-refractivity contribution >= 4 is 11.7 Å². The first-order chi connectivity index (χ1) is 8.41. The first-order valence-electron chi connectivity index (χ1n) is 6.95. The van der Waals surface area contributed by atoms with Crippen LogP contribution in [0.25, 0.3) is 0 Å².